The van der Waals surface area contributed by atoms with Crippen LogP contribution < -0.4 is 5.32 Å². The van der Waals surface area contributed by atoms with Crippen molar-refractivity contribution in [2.45, 2.75) is 26.4 Å². The Morgan fingerprint density at radius 1 is 1.31 bits per heavy atom. The molecule has 88 valence electrons. The van der Waals surface area contributed by atoms with Gasteiger partial charge in [-0.05, 0) is 44.3 Å². The van der Waals surface area contributed by atoms with Crippen LogP contribution in [0.25, 0.3) is 0 Å². The number of benzene rings is 1. The Balaban J connectivity index is 1.71. The summed E-state index contributed by atoms with van der Waals surface area (Å²) in [7, 11) is 0. The number of rotatable bonds is 4. The molecule has 1 aliphatic heterocycles. The van der Waals surface area contributed by atoms with Gasteiger partial charge in [-0.15, -0.1) is 0 Å². The number of nitrogens with one attached hydrogen (secondary N) is 1. The van der Waals surface area contributed by atoms with Crippen LogP contribution in [0.4, 0.5) is 0 Å². The zero-order chi connectivity index (χ0) is 11.2. The highest BCUT2D eigenvalue weighted by Crippen LogP contribution is 2.13. The Hall–Kier alpha value is -0.860. The Morgan fingerprint density at radius 2 is 2.12 bits per heavy atom. The zero-order valence-electron chi connectivity index (χ0n) is 10.0. The van der Waals surface area contributed by atoms with E-state index in [9.17, 15) is 0 Å². The fourth-order valence-corrected chi connectivity index (χ4v) is 2.19. The minimum absolute atomic E-state index is 0.756. The summed E-state index contributed by atoms with van der Waals surface area (Å²) in [6.07, 6.45) is 2.52. The predicted octanol–water partition coefficient (Wildman–Crippen LogP) is 2.51. The average molecular weight is 219 g/mol. The normalized spacial score (nSPS) is 17.6. The second-order valence-electron chi connectivity index (χ2n) is 4.70. The molecular formula is C14H21NO. The van der Waals surface area contributed by atoms with Crippen molar-refractivity contribution in [1.82, 2.24) is 5.32 Å². The molecule has 1 saturated heterocycles. The molecule has 1 aromatic carbocycles. The van der Waals surface area contributed by atoms with Crippen molar-refractivity contribution >= 4 is 0 Å². The van der Waals surface area contributed by atoms with Crippen molar-refractivity contribution in [3.8, 4) is 0 Å². The van der Waals surface area contributed by atoms with Gasteiger partial charge in [0.1, 0.15) is 0 Å². The van der Waals surface area contributed by atoms with Gasteiger partial charge in [0.15, 0.2) is 0 Å². The van der Waals surface area contributed by atoms with E-state index >= 15 is 0 Å². The van der Waals surface area contributed by atoms with E-state index < -0.39 is 0 Å². The van der Waals surface area contributed by atoms with Crippen LogP contribution in [-0.4, -0.2) is 19.7 Å². The summed E-state index contributed by atoms with van der Waals surface area (Å²) in [6.45, 7) is 6.09. The van der Waals surface area contributed by atoms with Crippen LogP contribution in [0.2, 0.25) is 0 Å². The third-order valence-corrected chi connectivity index (χ3v) is 3.16. The number of hydrogen-bond donors (Lipinski definition) is 1. The molecular weight excluding hydrogens is 198 g/mol. The van der Waals surface area contributed by atoms with E-state index in [1.54, 1.807) is 0 Å². The predicted molar refractivity (Wildman–Crippen MR) is 66.4 cm³/mol. The SMILES string of the molecule is Cc1cccc(COCC2CCNCC2)c1. The molecule has 1 N–H and O–H groups in total. The second kappa shape index (κ2) is 6.02. The molecule has 0 saturated carbocycles. The topological polar surface area (TPSA) is 21.3 Å². The first kappa shape index (κ1) is 11.6. The van der Waals surface area contributed by atoms with Gasteiger partial charge in [0.05, 0.1) is 6.61 Å². The summed E-state index contributed by atoms with van der Waals surface area (Å²) in [5.74, 6) is 0.756. The molecule has 2 rings (SSSR count). The lowest BCUT2D eigenvalue weighted by molar-refractivity contribution is 0.0763. The molecule has 0 bridgehead atoms. The number of piperidine rings is 1. The van der Waals surface area contributed by atoms with Gasteiger partial charge in [0.2, 0.25) is 0 Å². The first-order chi connectivity index (χ1) is 7.84. The van der Waals surface area contributed by atoms with Gasteiger partial charge in [0, 0.05) is 6.61 Å². The van der Waals surface area contributed by atoms with Crippen molar-refractivity contribution in [2.24, 2.45) is 5.92 Å². The highest BCUT2D eigenvalue weighted by Gasteiger charge is 2.12. The lowest BCUT2D eigenvalue weighted by Crippen LogP contribution is -2.29. The molecule has 2 nitrogen and oxygen atoms in total. The average Bonchev–Trinajstić information content (AvgIpc) is 2.30. The van der Waals surface area contributed by atoms with E-state index in [0.29, 0.717) is 0 Å². The van der Waals surface area contributed by atoms with Crippen molar-refractivity contribution in [2.75, 3.05) is 19.7 Å². The molecule has 2 heteroatoms. The van der Waals surface area contributed by atoms with Gasteiger partial charge in [0.25, 0.3) is 0 Å². The zero-order valence-corrected chi connectivity index (χ0v) is 10.0. The third-order valence-electron chi connectivity index (χ3n) is 3.16. The molecule has 0 aromatic heterocycles. The van der Waals surface area contributed by atoms with Crippen molar-refractivity contribution in [1.29, 1.82) is 0 Å². The monoisotopic (exact) mass is 219 g/mol. The molecule has 1 aromatic rings. The maximum atomic E-state index is 5.79. The summed E-state index contributed by atoms with van der Waals surface area (Å²) in [5.41, 5.74) is 2.59. The first-order valence-electron chi connectivity index (χ1n) is 6.18. The third kappa shape index (κ3) is 3.62. The molecule has 1 fully saturated rings. The fraction of sp³-hybridized carbons (Fsp3) is 0.571. The summed E-state index contributed by atoms with van der Waals surface area (Å²) in [4.78, 5) is 0. The Kier molecular flexibility index (Phi) is 4.37. The van der Waals surface area contributed by atoms with Crippen LogP contribution in [0, 0.1) is 12.8 Å². The van der Waals surface area contributed by atoms with Crippen molar-refractivity contribution in [3.05, 3.63) is 35.4 Å². The van der Waals surface area contributed by atoms with Gasteiger partial charge in [-0.1, -0.05) is 29.8 Å². The highest BCUT2D eigenvalue weighted by molar-refractivity contribution is 5.21. The molecule has 0 spiro atoms. The summed E-state index contributed by atoms with van der Waals surface area (Å²) >= 11 is 0. The van der Waals surface area contributed by atoms with Gasteiger partial charge in [-0.3, -0.25) is 0 Å². The fourth-order valence-electron chi connectivity index (χ4n) is 2.19. The summed E-state index contributed by atoms with van der Waals surface area (Å²) in [5, 5.41) is 3.37. The van der Waals surface area contributed by atoms with E-state index in [0.717, 1.165) is 32.2 Å². The summed E-state index contributed by atoms with van der Waals surface area (Å²) in [6, 6.07) is 8.55. The molecule has 0 radical (unpaired) electrons. The molecule has 1 aliphatic rings. The van der Waals surface area contributed by atoms with Crippen LogP contribution in [-0.2, 0) is 11.3 Å². The van der Waals surface area contributed by atoms with Gasteiger partial charge >= 0.3 is 0 Å². The highest BCUT2D eigenvalue weighted by atomic mass is 16.5. The standard InChI is InChI=1S/C14H21NO/c1-12-3-2-4-14(9-12)11-16-10-13-5-7-15-8-6-13/h2-4,9,13,15H,5-8,10-11H2,1H3. The van der Waals surface area contributed by atoms with Gasteiger partial charge in [-0.2, -0.15) is 0 Å². The van der Waals surface area contributed by atoms with Crippen LogP contribution in [0.1, 0.15) is 24.0 Å². The molecule has 16 heavy (non-hydrogen) atoms. The quantitative estimate of drug-likeness (QED) is 0.840. The molecule has 0 aliphatic carbocycles. The first-order valence-corrected chi connectivity index (χ1v) is 6.18. The largest absolute Gasteiger partial charge is 0.376 e. The van der Waals surface area contributed by atoms with Gasteiger partial charge in [-0.25, -0.2) is 0 Å². The molecule has 0 atom stereocenters. The van der Waals surface area contributed by atoms with Crippen molar-refractivity contribution < 1.29 is 4.74 Å². The smallest absolute Gasteiger partial charge is 0.0717 e. The van der Waals surface area contributed by atoms with Crippen LogP contribution in [0.15, 0.2) is 24.3 Å². The number of ether oxygens (including phenoxy) is 1. The minimum Gasteiger partial charge on any atom is -0.376 e. The van der Waals surface area contributed by atoms with Gasteiger partial charge < -0.3 is 10.1 Å². The molecule has 0 amide bonds. The Bertz CT molecular complexity index is 318. The van der Waals surface area contributed by atoms with Crippen LogP contribution in [0.3, 0.4) is 0 Å². The number of aryl methyl sites for hydroxylation is 1. The van der Waals surface area contributed by atoms with E-state index in [1.165, 1.54) is 24.0 Å². The maximum Gasteiger partial charge on any atom is 0.0717 e. The van der Waals surface area contributed by atoms with Crippen LogP contribution in [0.5, 0.6) is 0 Å². The van der Waals surface area contributed by atoms with E-state index in [-0.39, 0.29) is 0 Å². The Labute approximate surface area is 98.0 Å². The minimum atomic E-state index is 0.756. The van der Waals surface area contributed by atoms with E-state index in [4.69, 9.17) is 4.74 Å². The molecule has 0 unspecified atom stereocenters. The lowest BCUT2D eigenvalue weighted by atomic mass is 9.99. The molecule has 1 heterocycles. The van der Waals surface area contributed by atoms with Crippen LogP contribution >= 0.6 is 0 Å². The van der Waals surface area contributed by atoms with E-state index in [2.05, 4.69) is 36.5 Å². The van der Waals surface area contributed by atoms with E-state index in [1.807, 2.05) is 0 Å². The maximum absolute atomic E-state index is 5.79. The second-order valence-corrected chi connectivity index (χ2v) is 4.70. The number of hydrogen-bond acceptors (Lipinski definition) is 2. The van der Waals surface area contributed by atoms with Crippen molar-refractivity contribution in [3.63, 3.8) is 0 Å². The lowest BCUT2D eigenvalue weighted by Gasteiger charge is -2.22. The summed E-state index contributed by atoms with van der Waals surface area (Å²) < 4.78 is 5.79. The Morgan fingerprint density at radius 3 is 2.88 bits per heavy atom.